The lowest BCUT2D eigenvalue weighted by atomic mass is 10.1. The number of nitrogens with zero attached hydrogens (tertiary/aromatic N) is 6. The monoisotopic (exact) mass is 332 g/mol. The zero-order chi connectivity index (χ0) is 17.2. The van der Waals surface area contributed by atoms with Gasteiger partial charge in [0, 0.05) is 11.1 Å². The lowest BCUT2D eigenvalue weighted by Gasteiger charge is -2.03. The Kier molecular flexibility index (Phi) is 3.81. The average Bonchev–Trinajstić information content (AvgIpc) is 3.33. The van der Waals surface area contributed by atoms with Gasteiger partial charge in [-0.2, -0.15) is 4.80 Å². The van der Waals surface area contributed by atoms with Gasteiger partial charge in [0.05, 0.1) is 0 Å². The minimum absolute atomic E-state index is 0.309. The molecule has 0 saturated heterocycles. The van der Waals surface area contributed by atoms with Crippen LogP contribution in [0.15, 0.2) is 59.0 Å². The molecule has 0 unspecified atom stereocenters. The molecule has 0 amide bonds. The largest absolute Gasteiger partial charge is 0.418 e. The summed E-state index contributed by atoms with van der Waals surface area (Å²) in [5.41, 5.74) is 2.98. The molecule has 0 radical (unpaired) electrons. The van der Waals surface area contributed by atoms with E-state index in [-0.39, 0.29) is 6.04 Å². The van der Waals surface area contributed by atoms with Crippen LogP contribution >= 0.6 is 0 Å². The molecule has 0 saturated carbocycles. The molecule has 7 nitrogen and oxygen atoms in total. The lowest BCUT2D eigenvalue weighted by molar-refractivity contribution is 0.382. The molecule has 1 atom stereocenters. The Bertz CT molecular complexity index is 974. The molecule has 4 rings (SSSR count). The number of aromatic nitrogens is 6. The van der Waals surface area contributed by atoms with Gasteiger partial charge < -0.3 is 4.42 Å². The number of aryl methyl sites for hydroxylation is 1. The van der Waals surface area contributed by atoms with Crippen LogP contribution < -0.4 is 0 Å². The first-order chi connectivity index (χ1) is 12.2. The minimum atomic E-state index is -0.309. The van der Waals surface area contributed by atoms with Gasteiger partial charge in [0.25, 0.3) is 0 Å². The predicted molar refractivity (Wildman–Crippen MR) is 91.5 cm³/mol. The van der Waals surface area contributed by atoms with Gasteiger partial charge in [-0.1, -0.05) is 48.0 Å². The van der Waals surface area contributed by atoms with Gasteiger partial charge in [-0.25, -0.2) is 0 Å². The van der Waals surface area contributed by atoms with Gasteiger partial charge in [-0.3, -0.25) is 0 Å². The first-order valence-corrected chi connectivity index (χ1v) is 7.96. The summed E-state index contributed by atoms with van der Waals surface area (Å²) in [6, 6.07) is 17.3. The van der Waals surface area contributed by atoms with Crippen LogP contribution in [-0.4, -0.2) is 30.4 Å². The molecule has 25 heavy (non-hydrogen) atoms. The number of benzene rings is 2. The van der Waals surface area contributed by atoms with Crippen molar-refractivity contribution >= 4 is 0 Å². The van der Waals surface area contributed by atoms with E-state index in [1.165, 1.54) is 10.4 Å². The third-order valence-electron chi connectivity index (χ3n) is 3.90. The van der Waals surface area contributed by atoms with E-state index in [4.69, 9.17) is 4.42 Å². The van der Waals surface area contributed by atoms with Crippen LogP contribution in [0.25, 0.3) is 22.8 Å². The van der Waals surface area contributed by atoms with Crippen LogP contribution in [0.1, 0.15) is 24.4 Å². The number of rotatable bonds is 4. The van der Waals surface area contributed by atoms with E-state index in [0.29, 0.717) is 17.6 Å². The summed E-state index contributed by atoms with van der Waals surface area (Å²) >= 11 is 0. The molecule has 2 heterocycles. The summed E-state index contributed by atoms with van der Waals surface area (Å²) in [5, 5.41) is 20.9. The van der Waals surface area contributed by atoms with Crippen LogP contribution in [0.4, 0.5) is 0 Å². The number of hydrogen-bond donors (Lipinski definition) is 0. The molecule has 124 valence electrons. The minimum Gasteiger partial charge on any atom is -0.418 e. The Morgan fingerprint density at radius 1 is 0.880 bits per heavy atom. The lowest BCUT2D eigenvalue weighted by Crippen LogP contribution is -2.11. The topological polar surface area (TPSA) is 82.5 Å². The highest BCUT2D eigenvalue weighted by atomic mass is 16.4. The Morgan fingerprint density at radius 3 is 2.40 bits per heavy atom. The van der Waals surface area contributed by atoms with E-state index >= 15 is 0 Å². The summed E-state index contributed by atoms with van der Waals surface area (Å²) in [5.74, 6) is 1.47. The predicted octanol–water partition coefficient (Wildman–Crippen LogP) is 3.31. The first-order valence-electron chi connectivity index (χ1n) is 7.96. The van der Waals surface area contributed by atoms with E-state index in [2.05, 4.69) is 25.6 Å². The maximum Gasteiger partial charge on any atom is 0.247 e. The fourth-order valence-electron chi connectivity index (χ4n) is 2.41. The van der Waals surface area contributed by atoms with Crippen molar-refractivity contribution in [2.75, 3.05) is 0 Å². The standard InChI is InChI=1S/C18H16N6O/c1-12-8-10-14(11-9-12)16-19-23-24(22-16)13(2)17-20-21-18(25-17)15-6-4-3-5-7-15/h3-11,13H,1-2H3/t13-/m0/s1. The molecule has 0 aliphatic rings. The van der Waals surface area contributed by atoms with Crippen molar-refractivity contribution in [1.29, 1.82) is 0 Å². The molecule has 0 bridgehead atoms. The van der Waals surface area contributed by atoms with Gasteiger partial charge in [0.2, 0.25) is 17.6 Å². The van der Waals surface area contributed by atoms with Crippen molar-refractivity contribution in [3.05, 3.63) is 66.1 Å². The summed E-state index contributed by atoms with van der Waals surface area (Å²) < 4.78 is 5.77. The molecule has 0 aliphatic heterocycles. The molecule has 0 fully saturated rings. The Labute approximate surface area is 144 Å². The van der Waals surface area contributed by atoms with Crippen molar-refractivity contribution in [2.45, 2.75) is 19.9 Å². The van der Waals surface area contributed by atoms with Gasteiger partial charge in [0.1, 0.15) is 6.04 Å². The second kappa shape index (κ2) is 6.27. The highest BCUT2D eigenvalue weighted by Crippen LogP contribution is 2.22. The average molecular weight is 332 g/mol. The quantitative estimate of drug-likeness (QED) is 0.570. The van der Waals surface area contributed by atoms with Crippen LogP contribution in [0.5, 0.6) is 0 Å². The van der Waals surface area contributed by atoms with Gasteiger partial charge in [-0.15, -0.1) is 20.4 Å². The third kappa shape index (κ3) is 3.03. The molecule has 0 N–H and O–H groups in total. The summed E-state index contributed by atoms with van der Waals surface area (Å²) in [6.45, 7) is 3.93. The molecule has 2 aromatic heterocycles. The second-order valence-corrected chi connectivity index (χ2v) is 5.79. The van der Waals surface area contributed by atoms with Crippen molar-refractivity contribution in [2.24, 2.45) is 0 Å². The van der Waals surface area contributed by atoms with E-state index < -0.39 is 0 Å². The molecule has 2 aromatic carbocycles. The molecule has 4 aromatic rings. The van der Waals surface area contributed by atoms with Crippen molar-refractivity contribution in [3.63, 3.8) is 0 Å². The third-order valence-corrected chi connectivity index (χ3v) is 3.90. The molecule has 0 spiro atoms. The zero-order valence-corrected chi connectivity index (χ0v) is 13.9. The van der Waals surface area contributed by atoms with E-state index in [9.17, 15) is 0 Å². The highest BCUT2D eigenvalue weighted by molar-refractivity contribution is 5.54. The SMILES string of the molecule is Cc1ccc(-c2nnn([C@@H](C)c3nnc(-c4ccccc4)o3)n2)cc1. The van der Waals surface area contributed by atoms with Crippen LogP contribution in [0.3, 0.4) is 0 Å². The maximum absolute atomic E-state index is 5.77. The van der Waals surface area contributed by atoms with Crippen LogP contribution in [0, 0.1) is 6.92 Å². The van der Waals surface area contributed by atoms with Crippen molar-refractivity contribution < 1.29 is 4.42 Å². The maximum atomic E-state index is 5.77. The van der Waals surface area contributed by atoms with Gasteiger partial charge >= 0.3 is 0 Å². The molecule has 7 heteroatoms. The number of hydrogen-bond acceptors (Lipinski definition) is 6. The smallest absolute Gasteiger partial charge is 0.247 e. The zero-order valence-electron chi connectivity index (χ0n) is 13.9. The van der Waals surface area contributed by atoms with E-state index in [0.717, 1.165) is 11.1 Å². The first kappa shape index (κ1) is 15.2. The summed E-state index contributed by atoms with van der Waals surface area (Å²) in [6.07, 6.45) is 0. The van der Waals surface area contributed by atoms with E-state index in [1.807, 2.05) is 68.4 Å². The van der Waals surface area contributed by atoms with E-state index in [1.54, 1.807) is 0 Å². The van der Waals surface area contributed by atoms with Crippen molar-refractivity contribution in [1.82, 2.24) is 30.4 Å². The molecular formula is C18H16N6O. The summed E-state index contributed by atoms with van der Waals surface area (Å²) in [4.78, 5) is 1.48. The Hall–Kier alpha value is -3.35. The van der Waals surface area contributed by atoms with Crippen LogP contribution in [0.2, 0.25) is 0 Å². The van der Waals surface area contributed by atoms with Gasteiger partial charge in [-0.05, 0) is 31.2 Å². The van der Waals surface area contributed by atoms with Crippen LogP contribution in [-0.2, 0) is 0 Å². The Morgan fingerprint density at radius 2 is 1.64 bits per heavy atom. The van der Waals surface area contributed by atoms with Gasteiger partial charge in [0.15, 0.2) is 0 Å². The molecule has 0 aliphatic carbocycles. The normalized spacial score (nSPS) is 12.2. The van der Waals surface area contributed by atoms with Crippen molar-refractivity contribution in [3.8, 4) is 22.8 Å². The Balaban J connectivity index is 1.58. The second-order valence-electron chi connectivity index (χ2n) is 5.79. The highest BCUT2D eigenvalue weighted by Gasteiger charge is 2.19. The fourth-order valence-corrected chi connectivity index (χ4v) is 2.41. The summed E-state index contributed by atoms with van der Waals surface area (Å²) in [7, 11) is 0. The molecular weight excluding hydrogens is 316 g/mol. The number of tetrazole rings is 1. The fraction of sp³-hybridized carbons (Fsp3) is 0.167.